The number of likely N-dealkylation sites (N-methyl/N-ethyl adjacent to an activating group) is 1. The largest absolute Gasteiger partial charge is 0.472 e. The molecule has 0 radical (unpaired) electrons. The summed E-state index contributed by atoms with van der Waals surface area (Å²) >= 11 is 0. The molecule has 0 heterocycles. The van der Waals surface area contributed by atoms with Crippen LogP contribution in [0.3, 0.4) is 0 Å². The molecule has 9 nitrogen and oxygen atoms in total. The lowest BCUT2D eigenvalue weighted by molar-refractivity contribution is -0.870. The summed E-state index contributed by atoms with van der Waals surface area (Å²) in [7, 11) is 1.46. The van der Waals surface area contributed by atoms with Crippen LogP contribution < -0.4 is 0 Å². The Kier molecular flexibility index (Phi) is 29.2. The van der Waals surface area contributed by atoms with Crippen LogP contribution in [0.1, 0.15) is 136 Å². The lowest BCUT2D eigenvalue weighted by Gasteiger charge is -2.24. The maximum atomic E-state index is 12.6. The standard InChI is InChI=1S/C37H68NO8P/c1-6-8-10-12-14-16-17-18-19-20-21-22-24-26-28-30-37(40)46-35(34-45-47(41,42)44-32-31-38(3,4)5)33-43-36(39)29-27-25-23-15-13-11-9-7-2/h8,10,14,16,18-19,35H,6-7,9,11-13,15,17,20-34H2,1-5H3/p+1/b10-8-,16-14-,19-18-. The molecular formula is C37H69NO8P+. The third kappa shape index (κ3) is 33.9. The number of allylic oxidation sites excluding steroid dienone is 6. The molecule has 0 fully saturated rings. The van der Waals surface area contributed by atoms with Gasteiger partial charge in [-0.15, -0.1) is 0 Å². The SMILES string of the molecule is CC/C=C\C/C=C\C/C=C\CCCCCCCC(=O)OC(COC(=O)CCCCCCCCCC)COP(=O)(O)OCC[N+](C)(C)C. The number of carbonyl (C=O) groups excluding carboxylic acids is 2. The molecule has 0 aromatic heterocycles. The van der Waals surface area contributed by atoms with Gasteiger partial charge in [0.05, 0.1) is 27.7 Å². The summed E-state index contributed by atoms with van der Waals surface area (Å²) < 4.78 is 34.0. The number of quaternary nitrogens is 1. The molecule has 47 heavy (non-hydrogen) atoms. The first-order chi connectivity index (χ1) is 22.5. The second-order valence-corrected chi connectivity index (χ2v) is 14.7. The normalized spacial score (nSPS) is 14.3. The molecule has 1 N–H and O–H groups in total. The van der Waals surface area contributed by atoms with E-state index >= 15 is 0 Å². The van der Waals surface area contributed by atoms with E-state index in [1.165, 1.54) is 32.1 Å². The number of hydrogen-bond donors (Lipinski definition) is 1. The van der Waals surface area contributed by atoms with Gasteiger partial charge in [0.15, 0.2) is 6.10 Å². The zero-order chi connectivity index (χ0) is 35.1. The molecule has 0 bridgehead atoms. The quantitative estimate of drug-likeness (QED) is 0.0245. The minimum absolute atomic E-state index is 0.0279. The van der Waals surface area contributed by atoms with Crippen molar-refractivity contribution in [3.8, 4) is 0 Å². The van der Waals surface area contributed by atoms with Crippen LogP contribution in [0.25, 0.3) is 0 Å². The van der Waals surface area contributed by atoms with E-state index in [-0.39, 0.29) is 32.0 Å². The first-order valence-corrected chi connectivity index (χ1v) is 19.7. The fourth-order valence-corrected chi connectivity index (χ4v) is 5.30. The molecule has 2 atom stereocenters. The topological polar surface area (TPSA) is 108 Å². The van der Waals surface area contributed by atoms with Crippen LogP contribution in [-0.2, 0) is 32.7 Å². The molecule has 0 saturated carbocycles. The average molecular weight is 687 g/mol. The van der Waals surface area contributed by atoms with Crippen LogP contribution in [0, 0.1) is 0 Å². The maximum absolute atomic E-state index is 12.6. The van der Waals surface area contributed by atoms with Crippen molar-refractivity contribution in [1.82, 2.24) is 0 Å². The molecule has 10 heteroatoms. The fraction of sp³-hybridized carbons (Fsp3) is 0.784. The van der Waals surface area contributed by atoms with Crippen molar-refractivity contribution in [3.63, 3.8) is 0 Å². The van der Waals surface area contributed by atoms with Gasteiger partial charge in [-0.25, -0.2) is 4.57 Å². The predicted octanol–water partition coefficient (Wildman–Crippen LogP) is 9.40. The Morgan fingerprint density at radius 1 is 0.681 bits per heavy atom. The van der Waals surface area contributed by atoms with Gasteiger partial charge < -0.3 is 18.9 Å². The summed E-state index contributed by atoms with van der Waals surface area (Å²) in [6.45, 7) is 4.23. The molecule has 274 valence electrons. The molecule has 0 saturated heterocycles. The van der Waals surface area contributed by atoms with E-state index in [2.05, 4.69) is 50.3 Å². The summed E-state index contributed by atoms with van der Waals surface area (Å²) in [6.07, 6.45) is 30.6. The number of rotatable bonds is 32. The minimum atomic E-state index is -4.36. The van der Waals surface area contributed by atoms with Gasteiger partial charge in [-0.2, -0.15) is 0 Å². The third-order valence-corrected chi connectivity index (χ3v) is 8.42. The van der Waals surface area contributed by atoms with Crippen LogP contribution in [0.4, 0.5) is 0 Å². The molecule has 0 aromatic rings. The number of nitrogens with zero attached hydrogens (tertiary/aromatic N) is 1. The molecule has 0 rings (SSSR count). The van der Waals surface area contributed by atoms with Crippen molar-refractivity contribution < 1.29 is 42.1 Å². The monoisotopic (exact) mass is 686 g/mol. The van der Waals surface area contributed by atoms with Crippen molar-refractivity contribution >= 4 is 19.8 Å². The van der Waals surface area contributed by atoms with Gasteiger partial charge in [0.1, 0.15) is 19.8 Å². The van der Waals surface area contributed by atoms with Gasteiger partial charge in [0.25, 0.3) is 0 Å². The molecule has 0 amide bonds. The van der Waals surface area contributed by atoms with E-state index in [1.807, 2.05) is 21.1 Å². The number of esters is 2. The van der Waals surface area contributed by atoms with Gasteiger partial charge in [-0.1, -0.05) is 115 Å². The summed E-state index contributed by atoms with van der Waals surface area (Å²) in [4.78, 5) is 35.0. The lowest BCUT2D eigenvalue weighted by Crippen LogP contribution is -2.37. The third-order valence-electron chi connectivity index (χ3n) is 7.43. The molecule has 0 spiro atoms. The number of ether oxygens (including phenoxy) is 2. The zero-order valence-corrected chi connectivity index (χ0v) is 31.4. The average Bonchev–Trinajstić information content (AvgIpc) is 3.01. The Morgan fingerprint density at radius 2 is 1.21 bits per heavy atom. The molecule has 0 aromatic carbocycles. The van der Waals surface area contributed by atoms with Crippen LogP contribution in [0.2, 0.25) is 0 Å². The number of phosphoric ester groups is 1. The van der Waals surface area contributed by atoms with Gasteiger partial charge in [0, 0.05) is 12.8 Å². The Morgan fingerprint density at radius 3 is 1.81 bits per heavy atom. The summed E-state index contributed by atoms with van der Waals surface area (Å²) in [5, 5.41) is 0. The van der Waals surface area contributed by atoms with E-state index < -0.39 is 26.5 Å². The van der Waals surface area contributed by atoms with Crippen LogP contribution in [-0.4, -0.2) is 74.9 Å². The predicted molar refractivity (Wildman–Crippen MR) is 192 cm³/mol. The van der Waals surface area contributed by atoms with Crippen molar-refractivity contribution in [2.24, 2.45) is 0 Å². The number of phosphoric acid groups is 1. The second-order valence-electron chi connectivity index (χ2n) is 13.2. The molecule has 2 unspecified atom stereocenters. The van der Waals surface area contributed by atoms with E-state index in [4.69, 9.17) is 18.5 Å². The molecule has 0 aliphatic carbocycles. The van der Waals surface area contributed by atoms with Crippen LogP contribution >= 0.6 is 7.82 Å². The van der Waals surface area contributed by atoms with Gasteiger partial charge >= 0.3 is 19.8 Å². The Hall–Kier alpha value is -1.77. The lowest BCUT2D eigenvalue weighted by atomic mass is 10.1. The van der Waals surface area contributed by atoms with Gasteiger partial charge in [-0.05, 0) is 44.9 Å². The Labute approximate surface area is 287 Å². The van der Waals surface area contributed by atoms with Crippen LogP contribution in [0.5, 0.6) is 0 Å². The molecular weight excluding hydrogens is 617 g/mol. The molecule has 0 aliphatic heterocycles. The zero-order valence-electron chi connectivity index (χ0n) is 30.5. The Balaban J connectivity index is 4.48. The summed E-state index contributed by atoms with van der Waals surface area (Å²) in [5.41, 5.74) is 0. The minimum Gasteiger partial charge on any atom is -0.462 e. The highest BCUT2D eigenvalue weighted by Crippen LogP contribution is 2.43. The van der Waals surface area contributed by atoms with E-state index in [1.54, 1.807) is 0 Å². The number of hydrogen-bond acceptors (Lipinski definition) is 7. The highest BCUT2D eigenvalue weighted by atomic mass is 31.2. The highest BCUT2D eigenvalue weighted by molar-refractivity contribution is 7.47. The van der Waals surface area contributed by atoms with E-state index in [9.17, 15) is 19.0 Å². The summed E-state index contributed by atoms with van der Waals surface area (Å²) in [5.74, 6) is -0.827. The van der Waals surface area contributed by atoms with Crippen molar-refractivity contribution in [1.29, 1.82) is 0 Å². The van der Waals surface area contributed by atoms with E-state index in [0.29, 0.717) is 17.4 Å². The van der Waals surface area contributed by atoms with Crippen molar-refractivity contribution in [2.75, 3.05) is 47.5 Å². The fourth-order valence-electron chi connectivity index (χ4n) is 4.56. The number of carbonyl (C=O) groups is 2. The number of unbranched alkanes of at least 4 members (excludes halogenated alkanes) is 12. The first kappa shape index (κ1) is 45.2. The van der Waals surface area contributed by atoms with Gasteiger partial charge in [-0.3, -0.25) is 18.6 Å². The highest BCUT2D eigenvalue weighted by Gasteiger charge is 2.27. The maximum Gasteiger partial charge on any atom is 0.472 e. The van der Waals surface area contributed by atoms with Crippen LogP contribution in [0.15, 0.2) is 36.5 Å². The molecule has 0 aliphatic rings. The van der Waals surface area contributed by atoms with Gasteiger partial charge in [0.2, 0.25) is 0 Å². The summed E-state index contributed by atoms with van der Waals surface area (Å²) in [6, 6.07) is 0. The second kappa shape index (κ2) is 30.3. The first-order valence-electron chi connectivity index (χ1n) is 18.2. The van der Waals surface area contributed by atoms with E-state index in [0.717, 1.165) is 70.6 Å². The van der Waals surface area contributed by atoms with Crippen molar-refractivity contribution in [3.05, 3.63) is 36.5 Å². The Bertz CT molecular complexity index is 913. The van der Waals surface area contributed by atoms with Crippen molar-refractivity contribution in [2.45, 2.75) is 142 Å². The smallest absolute Gasteiger partial charge is 0.462 e.